The number of aliphatic carboxylic acids is 1. The standard InChI is InChI=1S/C10H11BrO3/c1-6-2-3-7(4-5-8(12)13)9(11)10(6)14/h2-3,14H,4-5H2,1H3,(H,12,13). The molecule has 14 heavy (non-hydrogen) atoms. The molecule has 0 aliphatic rings. The minimum Gasteiger partial charge on any atom is -0.506 e. The van der Waals surface area contributed by atoms with Crippen LogP contribution in [0, 0.1) is 6.92 Å². The Labute approximate surface area is 90.5 Å². The average Bonchev–Trinajstić information content (AvgIpc) is 2.13. The lowest BCUT2D eigenvalue weighted by atomic mass is 10.1. The molecule has 76 valence electrons. The maximum atomic E-state index is 10.4. The molecule has 1 rings (SSSR count). The van der Waals surface area contributed by atoms with Gasteiger partial charge in [-0.25, -0.2) is 0 Å². The third-order valence-corrected chi connectivity index (χ3v) is 2.89. The van der Waals surface area contributed by atoms with Gasteiger partial charge in [-0.15, -0.1) is 0 Å². The number of halogens is 1. The molecule has 0 unspecified atom stereocenters. The normalized spacial score (nSPS) is 10.1. The van der Waals surface area contributed by atoms with E-state index in [-0.39, 0.29) is 12.2 Å². The number of benzene rings is 1. The Bertz CT molecular complexity index is 361. The molecule has 0 saturated carbocycles. The van der Waals surface area contributed by atoms with Crippen LogP contribution in [0.3, 0.4) is 0 Å². The second kappa shape index (κ2) is 4.46. The van der Waals surface area contributed by atoms with Crippen LogP contribution in [-0.2, 0) is 11.2 Å². The van der Waals surface area contributed by atoms with Crippen molar-refractivity contribution in [1.82, 2.24) is 0 Å². The lowest BCUT2D eigenvalue weighted by Gasteiger charge is -2.06. The van der Waals surface area contributed by atoms with Gasteiger partial charge in [0.15, 0.2) is 0 Å². The van der Waals surface area contributed by atoms with Crippen LogP contribution in [0.15, 0.2) is 16.6 Å². The predicted octanol–water partition coefficient (Wildman–Crippen LogP) is 2.48. The van der Waals surface area contributed by atoms with E-state index in [1.807, 2.05) is 6.07 Å². The number of phenolic OH excluding ortho intramolecular Hbond substituents is 1. The van der Waals surface area contributed by atoms with Crippen molar-refractivity contribution >= 4 is 21.9 Å². The molecule has 2 N–H and O–H groups in total. The summed E-state index contributed by atoms with van der Waals surface area (Å²) in [4.78, 5) is 10.4. The molecule has 0 amide bonds. The first-order valence-electron chi connectivity index (χ1n) is 4.21. The van der Waals surface area contributed by atoms with Gasteiger partial charge < -0.3 is 10.2 Å². The lowest BCUT2D eigenvalue weighted by Crippen LogP contribution is -1.98. The molecule has 0 fully saturated rings. The Hall–Kier alpha value is -1.03. The van der Waals surface area contributed by atoms with Gasteiger partial charge in [0.2, 0.25) is 0 Å². The minimum atomic E-state index is -0.836. The van der Waals surface area contributed by atoms with Crippen LogP contribution in [-0.4, -0.2) is 16.2 Å². The fourth-order valence-corrected chi connectivity index (χ4v) is 1.78. The molecule has 0 atom stereocenters. The van der Waals surface area contributed by atoms with E-state index >= 15 is 0 Å². The summed E-state index contributed by atoms with van der Waals surface area (Å²) in [6.45, 7) is 1.79. The fourth-order valence-electron chi connectivity index (χ4n) is 1.14. The van der Waals surface area contributed by atoms with Gasteiger partial charge in [-0.1, -0.05) is 12.1 Å². The van der Waals surface area contributed by atoms with Gasteiger partial charge in [0, 0.05) is 6.42 Å². The van der Waals surface area contributed by atoms with Gasteiger partial charge >= 0.3 is 5.97 Å². The first kappa shape index (κ1) is 11.0. The molecule has 0 spiro atoms. The SMILES string of the molecule is Cc1ccc(CCC(=O)O)c(Br)c1O. The van der Waals surface area contributed by atoms with Gasteiger partial charge in [-0.2, -0.15) is 0 Å². The summed E-state index contributed by atoms with van der Waals surface area (Å²) in [5.41, 5.74) is 1.59. The maximum Gasteiger partial charge on any atom is 0.303 e. The largest absolute Gasteiger partial charge is 0.506 e. The number of carboxylic acid groups (broad SMARTS) is 1. The molecule has 1 aromatic carbocycles. The number of carboxylic acids is 1. The van der Waals surface area contributed by atoms with Crippen molar-refractivity contribution in [1.29, 1.82) is 0 Å². The first-order valence-corrected chi connectivity index (χ1v) is 5.00. The zero-order chi connectivity index (χ0) is 10.7. The molecule has 3 nitrogen and oxygen atoms in total. The zero-order valence-electron chi connectivity index (χ0n) is 7.75. The highest BCUT2D eigenvalue weighted by atomic mass is 79.9. The monoisotopic (exact) mass is 258 g/mol. The zero-order valence-corrected chi connectivity index (χ0v) is 9.34. The Morgan fingerprint density at radius 2 is 2.14 bits per heavy atom. The molecular formula is C10H11BrO3. The predicted molar refractivity (Wildman–Crippen MR) is 56.5 cm³/mol. The summed E-state index contributed by atoms with van der Waals surface area (Å²) in [5.74, 6) is -0.648. The molecule has 0 saturated heterocycles. The van der Waals surface area contributed by atoms with E-state index < -0.39 is 5.97 Å². The van der Waals surface area contributed by atoms with Gasteiger partial charge in [0.05, 0.1) is 4.47 Å². The number of hydrogen-bond donors (Lipinski definition) is 2. The van der Waals surface area contributed by atoms with E-state index in [2.05, 4.69) is 15.9 Å². The summed E-state index contributed by atoms with van der Waals surface area (Å²) in [7, 11) is 0. The van der Waals surface area contributed by atoms with Crippen molar-refractivity contribution in [2.45, 2.75) is 19.8 Å². The smallest absolute Gasteiger partial charge is 0.303 e. The van der Waals surface area contributed by atoms with Crippen molar-refractivity contribution < 1.29 is 15.0 Å². The summed E-state index contributed by atoms with van der Waals surface area (Å²) in [6, 6.07) is 3.60. The van der Waals surface area contributed by atoms with Crippen molar-refractivity contribution in [3.8, 4) is 5.75 Å². The van der Waals surface area contributed by atoms with Crippen LogP contribution in [0.4, 0.5) is 0 Å². The average molecular weight is 259 g/mol. The van der Waals surface area contributed by atoms with E-state index in [9.17, 15) is 9.90 Å². The molecule has 0 aliphatic heterocycles. The van der Waals surface area contributed by atoms with Gasteiger partial charge in [-0.3, -0.25) is 4.79 Å². The summed E-state index contributed by atoms with van der Waals surface area (Å²) < 4.78 is 0.596. The van der Waals surface area contributed by atoms with Gasteiger partial charge in [-0.05, 0) is 40.4 Å². The fraction of sp³-hybridized carbons (Fsp3) is 0.300. The molecule has 0 bridgehead atoms. The minimum absolute atomic E-state index is 0.0705. The Morgan fingerprint density at radius 1 is 1.50 bits per heavy atom. The quantitative estimate of drug-likeness (QED) is 0.876. The molecule has 0 aromatic heterocycles. The number of phenols is 1. The summed E-state index contributed by atoms with van der Waals surface area (Å²) in [6.07, 6.45) is 0.491. The summed E-state index contributed by atoms with van der Waals surface area (Å²) >= 11 is 3.24. The van der Waals surface area contributed by atoms with Crippen LogP contribution < -0.4 is 0 Å². The Balaban J connectivity index is 2.88. The van der Waals surface area contributed by atoms with E-state index in [1.54, 1.807) is 13.0 Å². The Kier molecular flexibility index (Phi) is 3.52. The first-order chi connectivity index (χ1) is 6.52. The van der Waals surface area contributed by atoms with Crippen molar-refractivity contribution in [3.05, 3.63) is 27.7 Å². The lowest BCUT2D eigenvalue weighted by molar-refractivity contribution is -0.136. The van der Waals surface area contributed by atoms with Crippen molar-refractivity contribution in [2.24, 2.45) is 0 Å². The number of aromatic hydroxyl groups is 1. The van der Waals surface area contributed by atoms with Crippen LogP contribution in [0.1, 0.15) is 17.5 Å². The topological polar surface area (TPSA) is 57.5 Å². The highest BCUT2D eigenvalue weighted by molar-refractivity contribution is 9.10. The highest BCUT2D eigenvalue weighted by Gasteiger charge is 2.08. The van der Waals surface area contributed by atoms with E-state index in [4.69, 9.17) is 5.11 Å². The van der Waals surface area contributed by atoms with E-state index in [0.29, 0.717) is 10.9 Å². The summed E-state index contributed by atoms with van der Waals surface area (Å²) in [5, 5.41) is 18.1. The molecule has 0 heterocycles. The Morgan fingerprint density at radius 3 is 2.71 bits per heavy atom. The third-order valence-electron chi connectivity index (χ3n) is 2.01. The van der Waals surface area contributed by atoms with Gasteiger partial charge in [0.1, 0.15) is 5.75 Å². The van der Waals surface area contributed by atoms with Gasteiger partial charge in [0.25, 0.3) is 0 Å². The van der Waals surface area contributed by atoms with E-state index in [0.717, 1.165) is 11.1 Å². The second-order valence-electron chi connectivity index (χ2n) is 3.10. The van der Waals surface area contributed by atoms with Crippen molar-refractivity contribution in [3.63, 3.8) is 0 Å². The highest BCUT2D eigenvalue weighted by Crippen LogP contribution is 2.31. The van der Waals surface area contributed by atoms with Crippen LogP contribution in [0.25, 0.3) is 0 Å². The van der Waals surface area contributed by atoms with Crippen LogP contribution in [0.2, 0.25) is 0 Å². The number of carbonyl (C=O) groups is 1. The van der Waals surface area contributed by atoms with Crippen LogP contribution in [0.5, 0.6) is 5.75 Å². The number of aryl methyl sites for hydroxylation is 2. The number of hydrogen-bond acceptors (Lipinski definition) is 2. The molecule has 0 aliphatic carbocycles. The maximum absolute atomic E-state index is 10.4. The molecule has 0 radical (unpaired) electrons. The second-order valence-corrected chi connectivity index (χ2v) is 3.89. The van der Waals surface area contributed by atoms with Crippen molar-refractivity contribution in [2.75, 3.05) is 0 Å². The number of rotatable bonds is 3. The molecular weight excluding hydrogens is 248 g/mol. The third kappa shape index (κ3) is 2.48. The molecule has 4 heteroatoms. The van der Waals surface area contributed by atoms with Crippen LogP contribution >= 0.6 is 15.9 Å². The molecule has 1 aromatic rings. The van der Waals surface area contributed by atoms with E-state index in [1.165, 1.54) is 0 Å².